The van der Waals surface area contributed by atoms with Crippen molar-refractivity contribution in [2.24, 2.45) is 0 Å². The van der Waals surface area contributed by atoms with Gasteiger partial charge in [-0.05, 0) is 37.1 Å². The summed E-state index contributed by atoms with van der Waals surface area (Å²) in [6, 6.07) is 5.91. The van der Waals surface area contributed by atoms with E-state index in [1.54, 1.807) is 21.3 Å². The molecule has 5 nitrogen and oxygen atoms in total. The predicted molar refractivity (Wildman–Crippen MR) is 83.2 cm³/mol. The standard InChI is InChI=1S/C16H27NO4/c1-18-8-9-21-7-5-4-6-17-13-14-10-15(19-2)12-16(11-14)20-3/h10-12,17H,4-9,13H2,1-3H3. The van der Waals surface area contributed by atoms with Crippen molar-refractivity contribution in [1.29, 1.82) is 0 Å². The minimum atomic E-state index is 0.663. The highest BCUT2D eigenvalue weighted by molar-refractivity contribution is 5.38. The molecule has 21 heavy (non-hydrogen) atoms. The van der Waals surface area contributed by atoms with E-state index in [1.807, 2.05) is 18.2 Å². The van der Waals surface area contributed by atoms with Gasteiger partial charge in [0.1, 0.15) is 11.5 Å². The van der Waals surface area contributed by atoms with Gasteiger partial charge in [0.2, 0.25) is 0 Å². The second-order valence-electron chi connectivity index (χ2n) is 4.71. The van der Waals surface area contributed by atoms with Gasteiger partial charge in [-0.3, -0.25) is 0 Å². The molecule has 0 spiro atoms. The van der Waals surface area contributed by atoms with Crippen LogP contribution in [0.15, 0.2) is 18.2 Å². The topological polar surface area (TPSA) is 49.0 Å². The molecule has 0 unspecified atom stereocenters. The second-order valence-corrected chi connectivity index (χ2v) is 4.71. The molecule has 0 aliphatic carbocycles. The predicted octanol–water partition coefficient (Wildman–Crippen LogP) is 2.24. The van der Waals surface area contributed by atoms with E-state index in [2.05, 4.69) is 5.32 Å². The Bertz CT molecular complexity index is 362. The summed E-state index contributed by atoms with van der Waals surface area (Å²) in [6.07, 6.45) is 2.15. The molecular weight excluding hydrogens is 270 g/mol. The molecule has 0 saturated carbocycles. The van der Waals surface area contributed by atoms with Gasteiger partial charge in [0.15, 0.2) is 0 Å². The van der Waals surface area contributed by atoms with Crippen molar-refractivity contribution in [2.45, 2.75) is 19.4 Å². The van der Waals surface area contributed by atoms with Crippen LogP contribution < -0.4 is 14.8 Å². The smallest absolute Gasteiger partial charge is 0.122 e. The molecule has 0 atom stereocenters. The minimum absolute atomic E-state index is 0.663. The lowest BCUT2D eigenvalue weighted by atomic mass is 10.2. The first-order valence-electron chi connectivity index (χ1n) is 7.29. The summed E-state index contributed by atoms with van der Waals surface area (Å²) in [4.78, 5) is 0. The molecule has 0 bridgehead atoms. The molecule has 120 valence electrons. The molecule has 1 aromatic carbocycles. The van der Waals surface area contributed by atoms with Gasteiger partial charge < -0.3 is 24.3 Å². The van der Waals surface area contributed by atoms with Crippen LogP contribution >= 0.6 is 0 Å². The van der Waals surface area contributed by atoms with Gasteiger partial charge >= 0.3 is 0 Å². The fraction of sp³-hybridized carbons (Fsp3) is 0.625. The van der Waals surface area contributed by atoms with Gasteiger partial charge in [0.05, 0.1) is 27.4 Å². The number of hydrogen-bond donors (Lipinski definition) is 1. The molecule has 0 fully saturated rings. The minimum Gasteiger partial charge on any atom is -0.497 e. The Labute approximate surface area is 127 Å². The van der Waals surface area contributed by atoms with E-state index in [9.17, 15) is 0 Å². The Kier molecular flexibility index (Phi) is 9.61. The summed E-state index contributed by atoms with van der Waals surface area (Å²) >= 11 is 0. The molecule has 0 aliphatic rings. The summed E-state index contributed by atoms with van der Waals surface area (Å²) in [5, 5.41) is 3.42. The summed E-state index contributed by atoms with van der Waals surface area (Å²) < 4.78 is 20.8. The van der Waals surface area contributed by atoms with Gasteiger partial charge in [0, 0.05) is 26.3 Å². The van der Waals surface area contributed by atoms with Crippen molar-refractivity contribution in [3.05, 3.63) is 23.8 Å². The molecule has 0 aliphatic heterocycles. The van der Waals surface area contributed by atoms with Crippen molar-refractivity contribution >= 4 is 0 Å². The maximum atomic E-state index is 5.41. The Morgan fingerprint density at radius 2 is 1.57 bits per heavy atom. The van der Waals surface area contributed by atoms with E-state index >= 15 is 0 Å². The summed E-state index contributed by atoms with van der Waals surface area (Å²) in [7, 11) is 5.01. The summed E-state index contributed by atoms with van der Waals surface area (Å²) in [5.74, 6) is 1.63. The molecule has 5 heteroatoms. The highest BCUT2D eigenvalue weighted by atomic mass is 16.5. The number of benzene rings is 1. The second kappa shape index (κ2) is 11.4. The SMILES string of the molecule is COCCOCCCCNCc1cc(OC)cc(OC)c1. The lowest BCUT2D eigenvalue weighted by Crippen LogP contribution is -2.15. The van der Waals surface area contributed by atoms with Gasteiger partial charge in [-0.25, -0.2) is 0 Å². The lowest BCUT2D eigenvalue weighted by Gasteiger charge is -2.09. The van der Waals surface area contributed by atoms with Gasteiger partial charge in [0.25, 0.3) is 0 Å². The van der Waals surface area contributed by atoms with Crippen LogP contribution in [0.3, 0.4) is 0 Å². The Balaban J connectivity index is 2.15. The van der Waals surface area contributed by atoms with Crippen LogP contribution in [0.1, 0.15) is 18.4 Å². The third-order valence-corrected chi connectivity index (χ3v) is 3.06. The largest absolute Gasteiger partial charge is 0.497 e. The Morgan fingerprint density at radius 3 is 2.19 bits per heavy atom. The lowest BCUT2D eigenvalue weighted by molar-refractivity contribution is 0.0688. The first-order chi connectivity index (χ1) is 10.3. The van der Waals surface area contributed by atoms with Gasteiger partial charge in [-0.2, -0.15) is 0 Å². The maximum absolute atomic E-state index is 5.41. The van der Waals surface area contributed by atoms with Gasteiger partial charge in [-0.15, -0.1) is 0 Å². The zero-order valence-corrected chi connectivity index (χ0v) is 13.3. The van der Waals surface area contributed by atoms with E-state index in [4.69, 9.17) is 18.9 Å². The normalized spacial score (nSPS) is 10.6. The molecule has 0 radical (unpaired) electrons. The van der Waals surface area contributed by atoms with E-state index in [1.165, 1.54) is 0 Å². The monoisotopic (exact) mass is 297 g/mol. The number of ether oxygens (including phenoxy) is 4. The van der Waals surface area contributed by atoms with Crippen LogP contribution in [0.4, 0.5) is 0 Å². The third-order valence-electron chi connectivity index (χ3n) is 3.06. The van der Waals surface area contributed by atoms with Crippen molar-refractivity contribution < 1.29 is 18.9 Å². The first-order valence-corrected chi connectivity index (χ1v) is 7.29. The van der Waals surface area contributed by atoms with E-state index in [0.717, 1.165) is 49.6 Å². The number of nitrogens with one attached hydrogen (secondary N) is 1. The zero-order valence-electron chi connectivity index (χ0n) is 13.3. The quantitative estimate of drug-likeness (QED) is 0.600. The van der Waals surface area contributed by atoms with Crippen molar-refractivity contribution in [3.63, 3.8) is 0 Å². The summed E-state index contributed by atoms with van der Waals surface area (Å²) in [6.45, 7) is 3.90. The first kappa shape index (κ1) is 17.8. The van der Waals surface area contributed by atoms with Gasteiger partial charge in [-0.1, -0.05) is 0 Å². The van der Waals surface area contributed by atoms with E-state index in [0.29, 0.717) is 13.2 Å². The van der Waals surface area contributed by atoms with Crippen molar-refractivity contribution in [3.8, 4) is 11.5 Å². The number of unbranched alkanes of at least 4 members (excludes halogenated alkanes) is 1. The molecule has 0 heterocycles. The van der Waals surface area contributed by atoms with Crippen LogP contribution in [0.5, 0.6) is 11.5 Å². The Morgan fingerprint density at radius 1 is 0.857 bits per heavy atom. The molecule has 1 aromatic rings. The number of rotatable bonds is 12. The molecule has 1 N–H and O–H groups in total. The Hall–Kier alpha value is -1.30. The van der Waals surface area contributed by atoms with Crippen molar-refractivity contribution in [2.75, 3.05) is 47.7 Å². The van der Waals surface area contributed by atoms with E-state index in [-0.39, 0.29) is 0 Å². The van der Waals surface area contributed by atoms with Crippen LogP contribution in [-0.4, -0.2) is 47.7 Å². The fourth-order valence-corrected chi connectivity index (χ4v) is 1.90. The molecule has 1 rings (SSSR count). The molecule has 0 amide bonds. The van der Waals surface area contributed by atoms with Crippen LogP contribution in [0.2, 0.25) is 0 Å². The fourth-order valence-electron chi connectivity index (χ4n) is 1.90. The maximum Gasteiger partial charge on any atom is 0.122 e. The highest BCUT2D eigenvalue weighted by Crippen LogP contribution is 2.22. The average Bonchev–Trinajstić information content (AvgIpc) is 2.52. The zero-order chi connectivity index (χ0) is 15.3. The molecule has 0 saturated heterocycles. The van der Waals surface area contributed by atoms with Crippen molar-refractivity contribution in [1.82, 2.24) is 5.32 Å². The van der Waals surface area contributed by atoms with Crippen LogP contribution in [-0.2, 0) is 16.0 Å². The number of methoxy groups -OCH3 is 3. The highest BCUT2D eigenvalue weighted by Gasteiger charge is 2.01. The van der Waals surface area contributed by atoms with Crippen LogP contribution in [0.25, 0.3) is 0 Å². The average molecular weight is 297 g/mol. The third kappa shape index (κ3) is 7.90. The molecular formula is C16H27NO4. The van der Waals surface area contributed by atoms with Crippen LogP contribution in [0, 0.1) is 0 Å². The summed E-state index contributed by atoms with van der Waals surface area (Å²) in [5.41, 5.74) is 1.16. The number of hydrogen-bond acceptors (Lipinski definition) is 5. The van der Waals surface area contributed by atoms with E-state index < -0.39 is 0 Å². The molecule has 0 aromatic heterocycles.